The van der Waals surface area contributed by atoms with Gasteiger partial charge >= 0.3 is 6.18 Å². The number of aryl methyl sites for hydroxylation is 1. The number of halogens is 4. The van der Waals surface area contributed by atoms with Gasteiger partial charge in [0.15, 0.2) is 0 Å². The number of nitrogens with zero attached hydrogens (tertiary/aromatic N) is 1. The van der Waals surface area contributed by atoms with Gasteiger partial charge in [-0.3, -0.25) is 0 Å². The van der Waals surface area contributed by atoms with Crippen LogP contribution in [-0.2, 0) is 5.33 Å². The molecule has 0 aromatic heterocycles. The SMILES string of the molecule is CCN(CC(F)(F)F)c1ccc(CBr)c(C)c1. The van der Waals surface area contributed by atoms with Crippen molar-refractivity contribution in [3.63, 3.8) is 0 Å². The van der Waals surface area contributed by atoms with E-state index in [0.29, 0.717) is 17.6 Å². The van der Waals surface area contributed by atoms with E-state index in [9.17, 15) is 13.2 Å². The molecule has 1 aromatic rings. The minimum absolute atomic E-state index is 0.340. The molecule has 1 aromatic carbocycles. The van der Waals surface area contributed by atoms with E-state index in [1.165, 1.54) is 4.90 Å². The Hall–Kier alpha value is -0.710. The zero-order chi connectivity index (χ0) is 13.1. The van der Waals surface area contributed by atoms with Crippen molar-refractivity contribution in [3.05, 3.63) is 29.3 Å². The van der Waals surface area contributed by atoms with Gasteiger partial charge < -0.3 is 4.90 Å². The first-order chi connectivity index (χ1) is 7.87. The third-order valence-corrected chi connectivity index (χ3v) is 3.19. The van der Waals surface area contributed by atoms with Gasteiger partial charge in [0.05, 0.1) is 0 Å². The molecule has 0 aliphatic carbocycles. The smallest absolute Gasteiger partial charge is 0.363 e. The summed E-state index contributed by atoms with van der Waals surface area (Å²) in [6.45, 7) is 3.06. The van der Waals surface area contributed by atoms with E-state index in [0.717, 1.165) is 11.1 Å². The summed E-state index contributed by atoms with van der Waals surface area (Å²) in [7, 11) is 0. The molecule has 1 rings (SSSR count). The number of hydrogen-bond acceptors (Lipinski definition) is 1. The summed E-state index contributed by atoms with van der Waals surface area (Å²) in [6, 6.07) is 5.39. The standard InChI is InChI=1S/C12H15BrF3N/c1-3-17(8-12(14,15)16)11-5-4-10(7-13)9(2)6-11/h4-6H,3,7-8H2,1-2H3. The molecule has 0 amide bonds. The Morgan fingerprint density at radius 1 is 1.29 bits per heavy atom. The lowest BCUT2D eigenvalue weighted by Gasteiger charge is -2.25. The van der Waals surface area contributed by atoms with Crippen molar-refractivity contribution in [2.75, 3.05) is 18.0 Å². The predicted octanol–water partition coefficient (Wildman–Crippen LogP) is 4.28. The normalized spacial score (nSPS) is 11.6. The minimum Gasteiger partial charge on any atom is -0.363 e. The summed E-state index contributed by atoms with van der Waals surface area (Å²) in [5, 5.41) is 0.713. The average Bonchev–Trinajstić information content (AvgIpc) is 2.24. The summed E-state index contributed by atoms with van der Waals surface area (Å²) in [5.41, 5.74) is 2.71. The van der Waals surface area contributed by atoms with Gasteiger partial charge in [0.25, 0.3) is 0 Å². The van der Waals surface area contributed by atoms with Crippen LogP contribution in [0.1, 0.15) is 18.1 Å². The van der Waals surface area contributed by atoms with E-state index < -0.39 is 12.7 Å². The molecular weight excluding hydrogens is 295 g/mol. The molecule has 1 nitrogen and oxygen atoms in total. The van der Waals surface area contributed by atoms with Crippen LogP contribution in [0.4, 0.5) is 18.9 Å². The molecule has 0 aliphatic rings. The summed E-state index contributed by atoms with van der Waals surface area (Å²) >= 11 is 3.34. The fraction of sp³-hybridized carbons (Fsp3) is 0.500. The molecule has 0 aliphatic heterocycles. The van der Waals surface area contributed by atoms with Crippen molar-refractivity contribution in [1.82, 2.24) is 0 Å². The Labute approximate surface area is 108 Å². The first-order valence-electron chi connectivity index (χ1n) is 5.34. The molecule has 0 unspecified atom stereocenters. The topological polar surface area (TPSA) is 3.24 Å². The van der Waals surface area contributed by atoms with Crippen molar-refractivity contribution in [2.24, 2.45) is 0 Å². The van der Waals surface area contributed by atoms with Crippen molar-refractivity contribution in [2.45, 2.75) is 25.4 Å². The van der Waals surface area contributed by atoms with Crippen LogP contribution in [0.3, 0.4) is 0 Å². The molecule has 17 heavy (non-hydrogen) atoms. The van der Waals surface area contributed by atoms with E-state index in [-0.39, 0.29) is 0 Å². The van der Waals surface area contributed by atoms with Crippen molar-refractivity contribution in [3.8, 4) is 0 Å². The molecule has 0 saturated heterocycles. The molecule has 96 valence electrons. The van der Waals surface area contributed by atoms with Crippen LogP contribution in [0.2, 0.25) is 0 Å². The van der Waals surface area contributed by atoms with Crippen LogP contribution < -0.4 is 4.90 Å². The molecule has 5 heteroatoms. The first kappa shape index (κ1) is 14.4. The van der Waals surface area contributed by atoms with Crippen LogP contribution in [-0.4, -0.2) is 19.3 Å². The van der Waals surface area contributed by atoms with E-state index >= 15 is 0 Å². The number of alkyl halides is 4. The lowest BCUT2D eigenvalue weighted by Crippen LogP contribution is -2.34. The third-order valence-electron chi connectivity index (χ3n) is 2.59. The van der Waals surface area contributed by atoms with Gasteiger partial charge in [-0.05, 0) is 37.1 Å². The highest BCUT2D eigenvalue weighted by Gasteiger charge is 2.30. The van der Waals surface area contributed by atoms with Crippen molar-refractivity contribution >= 4 is 21.6 Å². The van der Waals surface area contributed by atoms with E-state index in [1.807, 2.05) is 13.0 Å². The molecule has 0 fully saturated rings. The van der Waals surface area contributed by atoms with E-state index in [4.69, 9.17) is 0 Å². The summed E-state index contributed by atoms with van der Waals surface area (Å²) in [4.78, 5) is 1.32. The second-order valence-corrected chi connectivity index (χ2v) is 4.43. The summed E-state index contributed by atoms with van der Waals surface area (Å²) < 4.78 is 37.1. The zero-order valence-corrected chi connectivity index (χ0v) is 11.4. The lowest BCUT2D eigenvalue weighted by atomic mass is 10.1. The quantitative estimate of drug-likeness (QED) is 0.750. The van der Waals surface area contributed by atoms with Crippen LogP contribution in [0.5, 0.6) is 0 Å². The van der Waals surface area contributed by atoms with Crippen LogP contribution >= 0.6 is 15.9 Å². The number of rotatable bonds is 4. The Kier molecular flexibility index (Phi) is 4.86. The van der Waals surface area contributed by atoms with Gasteiger partial charge in [-0.1, -0.05) is 22.0 Å². The second kappa shape index (κ2) is 5.76. The van der Waals surface area contributed by atoms with Crippen LogP contribution in [0.25, 0.3) is 0 Å². The third kappa shape index (κ3) is 4.22. The van der Waals surface area contributed by atoms with Crippen LogP contribution in [0, 0.1) is 6.92 Å². The van der Waals surface area contributed by atoms with Gasteiger partial charge in [0, 0.05) is 17.6 Å². The molecule has 0 spiro atoms. The van der Waals surface area contributed by atoms with E-state index in [1.54, 1.807) is 19.1 Å². The summed E-state index contributed by atoms with van der Waals surface area (Å²) in [5.74, 6) is 0. The highest BCUT2D eigenvalue weighted by Crippen LogP contribution is 2.24. The average molecular weight is 310 g/mol. The maximum Gasteiger partial charge on any atom is 0.405 e. The predicted molar refractivity (Wildman–Crippen MR) is 67.8 cm³/mol. The van der Waals surface area contributed by atoms with Gasteiger partial charge in [-0.25, -0.2) is 0 Å². The zero-order valence-electron chi connectivity index (χ0n) is 9.81. The van der Waals surface area contributed by atoms with Gasteiger partial charge in [-0.15, -0.1) is 0 Å². The fourth-order valence-corrected chi connectivity index (χ4v) is 2.26. The van der Waals surface area contributed by atoms with Crippen LogP contribution in [0.15, 0.2) is 18.2 Å². The molecule has 0 heterocycles. The molecule has 0 atom stereocenters. The fourth-order valence-electron chi connectivity index (χ4n) is 1.63. The minimum atomic E-state index is -4.17. The van der Waals surface area contributed by atoms with Gasteiger partial charge in [0.2, 0.25) is 0 Å². The number of hydrogen-bond donors (Lipinski definition) is 0. The number of anilines is 1. The lowest BCUT2D eigenvalue weighted by molar-refractivity contribution is -0.119. The Bertz CT molecular complexity index is 377. The first-order valence-corrected chi connectivity index (χ1v) is 6.46. The summed E-state index contributed by atoms with van der Waals surface area (Å²) in [6.07, 6.45) is -4.17. The second-order valence-electron chi connectivity index (χ2n) is 3.87. The van der Waals surface area contributed by atoms with Crippen molar-refractivity contribution in [1.29, 1.82) is 0 Å². The number of benzene rings is 1. The highest BCUT2D eigenvalue weighted by atomic mass is 79.9. The maximum absolute atomic E-state index is 12.4. The highest BCUT2D eigenvalue weighted by molar-refractivity contribution is 9.08. The maximum atomic E-state index is 12.4. The Morgan fingerprint density at radius 2 is 1.94 bits per heavy atom. The molecule has 0 bridgehead atoms. The largest absolute Gasteiger partial charge is 0.405 e. The Balaban J connectivity index is 2.93. The van der Waals surface area contributed by atoms with E-state index in [2.05, 4.69) is 15.9 Å². The Morgan fingerprint density at radius 3 is 2.35 bits per heavy atom. The van der Waals surface area contributed by atoms with Gasteiger partial charge in [0.1, 0.15) is 6.54 Å². The van der Waals surface area contributed by atoms with Gasteiger partial charge in [-0.2, -0.15) is 13.2 Å². The monoisotopic (exact) mass is 309 g/mol. The molecular formula is C12H15BrF3N. The molecule has 0 radical (unpaired) electrons. The van der Waals surface area contributed by atoms with Crippen molar-refractivity contribution < 1.29 is 13.2 Å². The molecule has 0 N–H and O–H groups in total. The molecule has 0 saturated carbocycles.